The first-order valence-corrected chi connectivity index (χ1v) is 7.60. The highest BCUT2D eigenvalue weighted by Crippen LogP contribution is 2.39. The zero-order chi connectivity index (χ0) is 14.4. The molecule has 0 nitrogen and oxygen atoms in total. The molecular weight excluding hydrogens is 283 g/mol. The third-order valence-corrected chi connectivity index (χ3v) is 4.83. The molecule has 0 radical (unpaired) electrons. The molecular formula is C19H14ClF. The van der Waals surface area contributed by atoms with Crippen LogP contribution in [-0.2, 0) is 12.8 Å². The Morgan fingerprint density at radius 1 is 0.857 bits per heavy atom. The quantitative estimate of drug-likeness (QED) is 0.555. The lowest BCUT2D eigenvalue weighted by Gasteiger charge is -2.14. The minimum Gasteiger partial charge on any atom is -0.207 e. The van der Waals surface area contributed by atoms with Crippen LogP contribution >= 0.6 is 11.6 Å². The third-order valence-electron chi connectivity index (χ3n) is 4.35. The highest BCUT2D eigenvalue weighted by atomic mass is 35.5. The predicted octanol–water partition coefficient (Wildman–Crippen LogP) is 5.41. The minimum atomic E-state index is -0.254. The van der Waals surface area contributed by atoms with Gasteiger partial charge < -0.3 is 0 Å². The van der Waals surface area contributed by atoms with Gasteiger partial charge in [0.2, 0.25) is 0 Å². The van der Waals surface area contributed by atoms with Crippen LogP contribution in [0.1, 0.15) is 27.6 Å². The molecule has 1 aliphatic carbocycles. The van der Waals surface area contributed by atoms with Crippen LogP contribution in [-0.4, -0.2) is 0 Å². The molecule has 1 atom stereocenters. The van der Waals surface area contributed by atoms with E-state index in [9.17, 15) is 4.39 Å². The zero-order valence-electron chi connectivity index (χ0n) is 11.4. The Hall–Kier alpha value is -1.86. The second-order valence-corrected chi connectivity index (χ2v) is 6.00. The van der Waals surface area contributed by atoms with E-state index >= 15 is 0 Å². The van der Waals surface area contributed by atoms with Crippen molar-refractivity contribution in [1.82, 2.24) is 0 Å². The lowest BCUT2D eigenvalue weighted by atomic mass is 9.95. The van der Waals surface area contributed by atoms with Crippen LogP contribution in [0, 0.1) is 5.82 Å². The molecule has 0 N–H and O–H groups in total. The normalized spacial score (nSPS) is 14.6. The van der Waals surface area contributed by atoms with Crippen LogP contribution < -0.4 is 0 Å². The second kappa shape index (κ2) is 4.85. The van der Waals surface area contributed by atoms with Gasteiger partial charge >= 0.3 is 0 Å². The Morgan fingerprint density at radius 2 is 1.57 bits per heavy atom. The van der Waals surface area contributed by atoms with E-state index in [2.05, 4.69) is 30.3 Å². The van der Waals surface area contributed by atoms with Crippen LogP contribution in [0.2, 0.25) is 0 Å². The molecule has 21 heavy (non-hydrogen) atoms. The maximum Gasteiger partial charge on any atom is 0.123 e. The molecule has 0 saturated heterocycles. The zero-order valence-corrected chi connectivity index (χ0v) is 12.2. The van der Waals surface area contributed by atoms with Gasteiger partial charge in [-0.05, 0) is 58.0 Å². The maximum atomic E-state index is 13.1. The van der Waals surface area contributed by atoms with E-state index in [1.807, 2.05) is 0 Å². The average Bonchev–Trinajstić information content (AvgIpc) is 2.93. The van der Waals surface area contributed by atoms with Crippen molar-refractivity contribution in [2.75, 3.05) is 0 Å². The fourth-order valence-electron chi connectivity index (χ4n) is 3.30. The molecule has 3 aromatic rings. The van der Waals surface area contributed by atoms with Crippen LogP contribution in [0.3, 0.4) is 0 Å². The van der Waals surface area contributed by atoms with Gasteiger partial charge in [0.25, 0.3) is 0 Å². The van der Waals surface area contributed by atoms with Crippen molar-refractivity contribution < 1.29 is 4.39 Å². The molecule has 4 rings (SSSR count). The molecule has 0 fully saturated rings. The summed E-state index contributed by atoms with van der Waals surface area (Å²) in [7, 11) is 0. The number of hydrogen-bond donors (Lipinski definition) is 0. The molecule has 0 amide bonds. The molecule has 3 aromatic carbocycles. The van der Waals surface area contributed by atoms with Crippen molar-refractivity contribution in [3.63, 3.8) is 0 Å². The molecule has 0 bridgehead atoms. The second-order valence-electron chi connectivity index (χ2n) is 5.57. The molecule has 104 valence electrons. The van der Waals surface area contributed by atoms with Gasteiger partial charge in [-0.2, -0.15) is 0 Å². The van der Waals surface area contributed by atoms with Gasteiger partial charge in [-0.3, -0.25) is 0 Å². The summed E-state index contributed by atoms with van der Waals surface area (Å²) in [6, 6.07) is 17.2. The fourth-order valence-corrected chi connectivity index (χ4v) is 3.64. The molecule has 0 aromatic heterocycles. The van der Waals surface area contributed by atoms with E-state index in [1.165, 1.54) is 34.0 Å². The average molecular weight is 297 g/mol. The standard InChI is InChI=1S/C19H14ClF/c20-19(14-6-9-15(21)10-7-14)17-11-8-13-5-4-12-2-1-3-16(17)18(12)13/h1-3,6-11,19H,4-5H2. The monoisotopic (exact) mass is 296 g/mol. The van der Waals surface area contributed by atoms with Crippen LogP contribution in [0.5, 0.6) is 0 Å². The summed E-state index contributed by atoms with van der Waals surface area (Å²) in [5, 5.41) is 2.34. The van der Waals surface area contributed by atoms with Gasteiger partial charge in [0, 0.05) is 0 Å². The van der Waals surface area contributed by atoms with Gasteiger partial charge in [0.05, 0.1) is 5.38 Å². The molecule has 1 unspecified atom stereocenters. The Kier molecular flexibility index (Phi) is 2.97. The van der Waals surface area contributed by atoms with Crippen LogP contribution in [0.4, 0.5) is 4.39 Å². The summed E-state index contributed by atoms with van der Waals surface area (Å²) in [5.41, 5.74) is 4.85. The predicted molar refractivity (Wildman–Crippen MR) is 85.5 cm³/mol. The summed E-state index contributed by atoms with van der Waals surface area (Å²) in [4.78, 5) is 0. The number of hydrogen-bond acceptors (Lipinski definition) is 0. The number of aryl methyl sites for hydroxylation is 2. The van der Waals surface area contributed by atoms with Crippen LogP contribution in [0.15, 0.2) is 54.6 Å². The summed E-state index contributed by atoms with van der Waals surface area (Å²) in [6.45, 7) is 0. The number of alkyl halides is 1. The van der Waals surface area contributed by atoms with E-state index in [1.54, 1.807) is 12.1 Å². The molecule has 0 saturated carbocycles. The van der Waals surface area contributed by atoms with E-state index in [0.29, 0.717) is 0 Å². The Labute approximate surface area is 128 Å². The summed E-state index contributed by atoms with van der Waals surface area (Å²) >= 11 is 6.67. The Bertz CT molecular complexity index is 811. The SMILES string of the molecule is Fc1ccc(C(Cl)c2ccc3c4c(cccc24)CC3)cc1. The van der Waals surface area contributed by atoms with Crippen molar-refractivity contribution in [2.45, 2.75) is 18.2 Å². The topological polar surface area (TPSA) is 0 Å². The first-order chi connectivity index (χ1) is 10.2. The van der Waals surface area contributed by atoms with Crippen molar-refractivity contribution in [1.29, 1.82) is 0 Å². The first-order valence-electron chi connectivity index (χ1n) is 7.17. The lowest BCUT2D eigenvalue weighted by Crippen LogP contribution is -1.96. The van der Waals surface area contributed by atoms with Crippen molar-refractivity contribution >= 4 is 22.4 Å². The Morgan fingerprint density at radius 3 is 2.33 bits per heavy atom. The highest BCUT2D eigenvalue weighted by molar-refractivity contribution is 6.23. The smallest absolute Gasteiger partial charge is 0.123 e. The molecule has 0 spiro atoms. The van der Waals surface area contributed by atoms with Gasteiger partial charge in [-0.15, -0.1) is 11.6 Å². The lowest BCUT2D eigenvalue weighted by molar-refractivity contribution is 0.627. The summed E-state index contributed by atoms with van der Waals surface area (Å²) in [6.07, 6.45) is 2.22. The number of halogens is 2. The van der Waals surface area contributed by atoms with Crippen molar-refractivity contribution in [2.24, 2.45) is 0 Å². The van der Waals surface area contributed by atoms with Crippen molar-refractivity contribution in [3.8, 4) is 0 Å². The van der Waals surface area contributed by atoms with Gasteiger partial charge in [-0.25, -0.2) is 4.39 Å². The Balaban J connectivity index is 1.89. The largest absolute Gasteiger partial charge is 0.207 e. The summed E-state index contributed by atoms with van der Waals surface area (Å²) in [5.74, 6) is -0.233. The maximum absolute atomic E-state index is 13.1. The van der Waals surface area contributed by atoms with Gasteiger partial charge in [-0.1, -0.05) is 42.5 Å². The van der Waals surface area contributed by atoms with E-state index in [0.717, 1.165) is 24.0 Å². The number of benzene rings is 3. The highest BCUT2D eigenvalue weighted by Gasteiger charge is 2.19. The molecule has 2 heteroatoms. The minimum absolute atomic E-state index is 0.233. The number of rotatable bonds is 2. The van der Waals surface area contributed by atoms with E-state index in [4.69, 9.17) is 11.6 Å². The fraction of sp³-hybridized carbons (Fsp3) is 0.158. The summed E-state index contributed by atoms with van der Waals surface area (Å²) < 4.78 is 13.1. The van der Waals surface area contributed by atoms with Crippen LogP contribution in [0.25, 0.3) is 10.8 Å². The first kappa shape index (κ1) is 12.8. The molecule has 1 aliphatic rings. The molecule has 0 aliphatic heterocycles. The van der Waals surface area contributed by atoms with E-state index < -0.39 is 0 Å². The third kappa shape index (κ3) is 2.04. The van der Waals surface area contributed by atoms with Gasteiger partial charge in [0.15, 0.2) is 0 Å². The van der Waals surface area contributed by atoms with Gasteiger partial charge in [0.1, 0.15) is 5.82 Å². The van der Waals surface area contributed by atoms with E-state index in [-0.39, 0.29) is 11.2 Å². The van der Waals surface area contributed by atoms with Crippen molar-refractivity contribution in [3.05, 3.63) is 82.7 Å². The molecule has 0 heterocycles.